The van der Waals surface area contributed by atoms with E-state index in [1.165, 1.54) is 27.9 Å². The molecule has 0 bridgehead atoms. The highest BCUT2D eigenvalue weighted by atomic mass is 16.7. The van der Waals surface area contributed by atoms with E-state index in [0.717, 1.165) is 0 Å². The van der Waals surface area contributed by atoms with Crippen molar-refractivity contribution in [2.45, 2.75) is 179 Å². The van der Waals surface area contributed by atoms with Gasteiger partial charge in [-0.1, -0.05) is 27.7 Å². The summed E-state index contributed by atoms with van der Waals surface area (Å²) in [5.74, 6) is -4.98. The molecule has 3 aliphatic heterocycles. The molecule has 18 atom stereocenters. The number of likely N-dealkylation sites (N-methyl/N-ethyl adjacent to an activating group) is 1. The number of ether oxygens (including phenoxy) is 6. The van der Waals surface area contributed by atoms with Crippen molar-refractivity contribution in [3.05, 3.63) is 0 Å². The van der Waals surface area contributed by atoms with E-state index >= 15 is 0 Å². The predicted molar refractivity (Wildman–Crippen MR) is 190 cm³/mol. The summed E-state index contributed by atoms with van der Waals surface area (Å²) in [5, 5.41) is 57.6. The molecular weight excluding hydrogens is 682 g/mol. The fraction of sp³-hybridized carbons (Fsp3) is 0.946. The van der Waals surface area contributed by atoms with Gasteiger partial charge in [-0.25, -0.2) is 0 Å². The average molecular weight is 752 g/mol. The van der Waals surface area contributed by atoms with Crippen LogP contribution in [0.15, 0.2) is 0 Å². The summed E-state index contributed by atoms with van der Waals surface area (Å²) in [5.41, 5.74) is -4.84. The highest BCUT2D eigenvalue weighted by Gasteiger charge is 2.53. The molecule has 3 unspecified atom stereocenters. The Kier molecular flexibility index (Phi) is 16.3. The van der Waals surface area contributed by atoms with E-state index in [0.29, 0.717) is 6.42 Å². The van der Waals surface area contributed by atoms with Crippen molar-refractivity contribution in [3.8, 4) is 0 Å². The lowest BCUT2D eigenvalue weighted by molar-refractivity contribution is -0.318. The molecule has 15 nitrogen and oxygen atoms in total. The van der Waals surface area contributed by atoms with Gasteiger partial charge < -0.3 is 64.3 Å². The number of carbonyl (C=O) groups excluding carboxylic acids is 2. The number of Topliss-reactive ketones (excluding diaryl/α,β-unsaturated/α-hetero) is 1. The smallest absolute Gasteiger partial charge is 0.311 e. The second-order valence-corrected chi connectivity index (χ2v) is 16.5. The summed E-state index contributed by atoms with van der Waals surface area (Å²) >= 11 is 0. The van der Waals surface area contributed by atoms with E-state index in [1.54, 1.807) is 41.5 Å². The van der Waals surface area contributed by atoms with Crippen LogP contribution in [0.1, 0.15) is 94.9 Å². The molecule has 306 valence electrons. The van der Waals surface area contributed by atoms with Crippen LogP contribution in [-0.4, -0.2) is 153 Å². The van der Waals surface area contributed by atoms with Gasteiger partial charge in [0.1, 0.15) is 29.7 Å². The molecule has 3 saturated heterocycles. The first kappa shape index (κ1) is 46.8. The third-order valence-electron chi connectivity index (χ3n) is 11.8. The number of esters is 1. The van der Waals surface area contributed by atoms with Crippen molar-refractivity contribution >= 4 is 11.8 Å². The van der Waals surface area contributed by atoms with Gasteiger partial charge in [-0.2, -0.15) is 0 Å². The Hall–Kier alpha value is -1.34. The summed E-state index contributed by atoms with van der Waals surface area (Å²) in [4.78, 5) is 29.8. The molecule has 0 saturated carbocycles. The first-order valence-corrected chi connectivity index (χ1v) is 18.5. The van der Waals surface area contributed by atoms with Crippen molar-refractivity contribution in [2.24, 2.45) is 23.7 Å². The van der Waals surface area contributed by atoms with Crippen LogP contribution in [0.2, 0.25) is 0 Å². The predicted octanol–water partition coefficient (Wildman–Crippen LogP) is 0.961. The zero-order valence-electron chi connectivity index (χ0n) is 33.4. The van der Waals surface area contributed by atoms with Crippen LogP contribution in [0, 0.1) is 23.7 Å². The molecule has 0 aliphatic carbocycles. The Morgan fingerprint density at radius 3 is 2.02 bits per heavy atom. The number of aliphatic hydroxyl groups is 5. The molecule has 3 fully saturated rings. The molecule has 7 N–H and O–H groups in total. The third kappa shape index (κ3) is 9.90. The minimum absolute atomic E-state index is 0. The first-order valence-electron chi connectivity index (χ1n) is 18.5. The fourth-order valence-electron chi connectivity index (χ4n) is 8.41. The lowest BCUT2D eigenvalue weighted by atomic mass is 9.74. The van der Waals surface area contributed by atoms with E-state index in [9.17, 15) is 35.1 Å². The van der Waals surface area contributed by atoms with Gasteiger partial charge in [0.2, 0.25) is 0 Å². The highest BCUT2D eigenvalue weighted by Crippen LogP contribution is 2.40. The Morgan fingerprint density at radius 2 is 1.48 bits per heavy atom. The molecule has 0 radical (unpaired) electrons. The molecule has 52 heavy (non-hydrogen) atoms. The van der Waals surface area contributed by atoms with Gasteiger partial charge in [0.05, 0.1) is 47.6 Å². The quantitative estimate of drug-likeness (QED) is 0.229. The number of carbonyl (C=O) groups is 2. The van der Waals surface area contributed by atoms with Gasteiger partial charge in [0.15, 0.2) is 12.6 Å². The van der Waals surface area contributed by atoms with Gasteiger partial charge in [-0.15, -0.1) is 0 Å². The minimum Gasteiger partial charge on any atom is -0.459 e. The van der Waals surface area contributed by atoms with Crippen molar-refractivity contribution in [1.82, 2.24) is 4.90 Å². The molecule has 3 rings (SSSR count). The maximum Gasteiger partial charge on any atom is 0.311 e. The number of aliphatic hydroxyl groups excluding tert-OH is 3. The van der Waals surface area contributed by atoms with E-state index in [4.69, 9.17) is 28.4 Å². The summed E-state index contributed by atoms with van der Waals surface area (Å²) in [6.45, 7) is 16.3. The van der Waals surface area contributed by atoms with Crippen molar-refractivity contribution in [2.75, 3.05) is 21.2 Å². The van der Waals surface area contributed by atoms with Crippen LogP contribution < -0.4 is 0 Å². The molecule has 3 heterocycles. The maximum absolute atomic E-state index is 14.1. The molecule has 0 aromatic heterocycles. The maximum atomic E-state index is 14.1. The van der Waals surface area contributed by atoms with E-state index in [-0.39, 0.29) is 36.9 Å². The van der Waals surface area contributed by atoms with Crippen LogP contribution in [0.4, 0.5) is 0 Å². The zero-order valence-corrected chi connectivity index (χ0v) is 33.4. The number of methoxy groups -OCH3 is 1. The summed E-state index contributed by atoms with van der Waals surface area (Å²) in [7, 11) is 5.18. The van der Waals surface area contributed by atoms with Crippen LogP contribution >= 0.6 is 0 Å². The molecule has 0 aromatic carbocycles. The Bertz CT molecular complexity index is 1170. The first-order chi connectivity index (χ1) is 23.4. The third-order valence-corrected chi connectivity index (χ3v) is 11.8. The van der Waals surface area contributed by atoms with E-state index in [1.807, 2.05) is 25.9 Å². The molecule has 15 heteroatoms. The molecule has 0 aromatic rings. The van der Waals surface area contributed by atoms with E-state index < -0.39 is 108 Å². The van der Waals surface area contributed by atoms with Crippen molar-refractivity contribution in [1.29, 1.82) is 0 Å². The average Bonchev–Trinajstić information content (AvgIpc) is 3.05. The number of ketones is 1. The second-order valence-electron chi connectivity index (χ2n) is 16.5. The molecule has 3 aliphatic rings. The lowest BCUT2D eigenvalue weighted by Gasteiger charge is -2.49. The van der Waals surface area contributed by atoms with Gasteiger partial charge >= 0.3 is 5.97 Å². The second kappa shape index (κ2) is 18.1. The number of cyclic esters (lactones) is 1. The normalized spacial score (nSPS) is 48.8. The van der Waals surface area contributed by atoms with Crippen molar-refractivity contribution in [3.63, 3.8) is 0 Å². The molecule has 0 spiro atoms. The Labute approximate surface area is 309 Å². The Morgan fingerprint density at radius 1 is 0.885 bits per heavy atom. The summed E-state index contributed by atoms with van der Waals surface area (Å²) in [6, 6.07) is -0.324. The van der Waals surface area contributed by atoms with E-state index in [2.05, 4.69) is 0 Å². The molecular formula is C37H69NO14. The number of hydrogen-bond donors (Lipinski definition) is 5. The number of hydrogen-bond acceptors (Lipinski definition) is 14. The largest absolute Gasteiger partial charge is 0.459 e. The monoisotopic (exact) mass is 751 g/mol. The molecule has 0 amide bonds. The summed E-state index contributed by atoms with van der Waals surface area (Å²) < 4.78 is 37.1. The topological polar surface area (TPSA) is 225 Å². The summed E-state index contributed by atoms with van der Waals surface area (Å²) in [6.07, 6.45) is -9.71. The van der Waals surface area contributed by atoms with Crippen LogP contribution in [0.5, 0.6) is 0 Å². The Balaban J connectivity index is 0.00000936. The van der Waals surface area contributed by atoms with Crippen LogP contribution in [-0.2, 0) is 38.0 Å². The standard InChI is InChI=1S/C37H67NO13.H2O/c1-14-25-37(10,45)30(41)20(4)27(39)18(2)16-35(8,44)32(51-34-28(40)24(38(11)12)15-19(3)47-34)21(5)29(22(6)33(43)49-25)50-26-17-36(9,46-13)31(42)23(7)48-26;/h18-26,28-32,34,40-42,44-45H,14-17H2,1-13H3;1H2/t18-,19-,20?,21+,22-,23+,24+,25?,26+,28-,29?,30-,31+,32-,34+,35-,36-,37-;/m1./s1. The van der Waals surface area contributed by atoms with Crippen LogP contribution in [0.25, 0.3) is 0 Å². The zero-order chi connectivity index (χ0) is 39.0. The van der Waals surface area contributed by atoms with Gasteiger partial charge in [0, 0.05) is 37.3 Å². The van der Waals surface area contributed by atoms with Gasteiger partial charge in [-0.3, -0.25) is 9.59 Å². The highest BCUT2D eigenvalue weighted by molar-refractivity contribution is 5.83. The SMILES string of the molecule is CCC1OC(=O)[C@H](C)C(O[C@H]2C[C@@](C)(OC)[C@@H](O)[C@H](C)O2)[C@H](C)[C@@H](O[C@@H]2O[C@H](C)C[C@H](N(C)C)[C@H]2O)[C@](C)(O)C[C@@H](C)C(=O)C(C)[C@@H](O)[C@]1(C)O.O. The van der Waals surface area contributed by atoms with Crippen LogP contribution in [0.3, 0.4) is 0 Å². The number of nitrogens with zero attached hydrogens (tertiary/aromatic N) is 1. The van der Waals surface area contributed by atoms with Gasteiger partial charge in [-0.05, 0) is 74.9 Å². The number of rotatable bonds is 7. The van der Waals surface area contributed by atoms with Gasteiger partial charge in [0.25, 0.3) is 0 Å². The lowest BCUT2D eigenvalue weighted by Crippen LogP contribution is -2.61. The fourth-order valence-corrected chi connectivity index (χ4v) is 8.41. The minimum atomic E-state index is -1.99. The van der Waals surface area contributed by atoms with Crippen molar-refractivity contribution < 1.29 is 69.0 Å².